The second kappa shape index (κ2) is 4.06. The van der Waals surface area contributed by atoms with Gasteiger partial charge in [0, 0.05) is 16.8 Å². The molecule has 1 heterocycles. The molecule has 1 aromatic rings. The summed E-state index contributed by atoms with van der Waals surface area (Å²) in [6, 6.07) is 2.10. The smallest absolute Gasteiger partial charge is 0.103 e. The van der Waals surface area contributed by atoms with Crippen molar-refractivity contribution in [2.24, 2.45) is 23.0 Å². The predicted octanol–water partition coefficient (Wildman–Crippen LogP) is 3.03. The quantitative estimate of drug-likeness (QED) is 0.882. The van der Waals surface area contributed by atoms with E-state index < -0.39 is 5.60 Å². The van der Waals surface area contributed by atoms with Gasteiger partial charge in [0.25, 0.3) is 0 Å². The average Bonchev–Trinajstić information content (AvgIpc) is 3.02. The van der Waals surface area contributed by atoms with E-state index in [0.717, 1.165) is 17.2 Å². The van der Waals surface area contributed by atoms with E-state index in [9.17, 15) is 5.11 Å². The van der Waals surface area contributed by atoms with Crippen LogP contribution in [0.4, 0.5) is 0 Å². The van der Waals surface area contributed by atoms with Gasteiger partial charge in [-0.2, -0.15) is 0 Å². The van der Waals surface area contributed by atoms with Crippen molar-refractivity contribution in [2.75, 3.05) is 6.54 Å². The van der Waals surface area contributed by atoms with Gasteiger partial charge in [-0.15, -0.1) is 11.3 Å². The number of hydrogen-bond donors (Lipinski definition) is 2. The van der Waals surface area contributed by atoms with Crippen LogP contribution in [0.15, 0.2) is 11.4 Å². The SMILES string of the molecule is Cc1ccsc1C(C)(O)C1(CN)CC2CCC1C2. The zero-order valence-electron chi connectivity index (χ0n) is 11.3. The number of aryl methyl sites for hydroxylation is 1. The molecule has 4 atom stereocenters. The van der Waals surface area contributed by atoms with Crippen molar-refractivity contribution in [2.45, 2.75) is 45.1 Å². The highest BCUT2D eigenvalue weighted by molar-refractivity contribution is 7.10. The molecule has 0 aliphatic heterocycles. The fourth-order valence-corrected chi connectivity index (χ4v) is 5.68. The number of aliphatic hydroxyl groups is 1. The molecule has 4 unspecified atom stereocenters. The molecular formula is C15H23NOS. The van der Waals surface area contributed by atoms with E-state index in [-0.39, 0.29) is 5.41 Å². The molecular weight excluding hydrogens is 242 g/mol. The van der Waals surface area contributed by atoms with E-state index >= 15 is 0 Å². The monoisotopic (exact) mass is 265 g/mol. The third kappa shape index (κ3) is 1.47. The Morgan fingerprint density at radius 3 is 2.78 bits per heavy atom. The molecule has 0 aromatic carbocycles. The molecule has 1 aromatic heterocycles. The van der Waals surface area contributed by atoms with Crippen LogP contribution < -0.4 is 5.73 Å². The van der Waals surface area contributed by atoms with Crippen LogP contribution in [0.25, 0.3) is 0 Å². The van der Waals surface area contributed by atoms with Gasteiger partial charge in [-0.05, 0) is 62.0 Å². The van der Waals surface area contributed by atoms with E-state index in [4.69, 9.17) is 5.73 Å². The minimum Gasteiger partial charge on any atom is -0.384 e. The highest BCUT2D eigenvalue weighted by Gasteiger charge is 2.59. The third-order valence-corrected chi connectivity index (χ3v) is 6.84. The second-order valence-corrected chi connectivity index (χ2v) is 7.36. The molecule has 2 bridgehead atoms. The van der Waals surface area contributed by atoms with Crippen LogP contribution in [-0.2, 0) is 5.60 Å². The fraction of sp³-hybridized carbons (Fsp3) is 0.733. The first-order valence-corrected chi connectivity index (χ1v) is 7.86. The number of hydrogen-bond acceptors (Lipinski definition) is 3. The summed E-state index contributed by atoms with van der Waals surface area (Å²) in [5.74, 6) is 1.41. The predicted molar refractivity (Wildman–Crippen MR) is 75.6 cm³/mol. The number of rotatable bonds is 3. The molecule has 2 saturated carbocycles. The third-order valence-electron chi connectivity index (χ3n) is 5.61. The first kappa shape index (κ1) is 12.6. The molecule has 0 saturated heterocycles. The minimum atomic E-state index is -0.764. The standard InChI is InChI=1S/C15H23NOS/c1-10-5-6-18-13(10)14(2,17)15(9-16)8-11-3-4-12(15)7-11/h5-6,11-12,17H,3-4,7-9,16H2,1-2H3. The summed E-state index contributed by atoms with van der Waals surface area (Å²) < 4.78 is 0. The molecule has 0 spiro atoms. The maximum absolute atomic E-state index is 11.3. The zero-order valence-corrected chi connectivity index (χ0v) is 12.1. The van der Waals surface area contributed by atoms with Gasteiger partial charge in [0.2, 0.25) is 0 Å². The molecule has 2 aliphatic carbocycles. The highest BCUT2D eigenvalue weighted by atomic mass is 32.1. The maximum atomic E-state index is 11.3. The van der Waals surface area contributed by atoms with E-state index in [2.05, 4.69) is 18.4 Å². The van der Waals surface area contributed by atoms with Gasteiger partial charge in [-0.1, -0.05) is 6.42 Å². The summed E-state index contributed by atoms with van der Waals surface area (Å²) in [4.78, 5) is 1.13. The Morgan fingerprint density at radius 2 is 2.33 bits per heavy atom. The van der Waals surface area contributed by atoms with Crippen molar-refractivity contribution in [3.63, 3.8) is 0 Å². The maximum Gasteiger partial charge on any atom is 0.103 e. The second-order valence-electron chi connectivity index (χ2n) is 6.45. The van der Waals surface area contributed by atoms with Crippen molar-refractivity contribution < 1.29 is 5.11 Å². The summed E-state index contributed by atoms with van der Waals surface area (Å²) in [6.45, 7) is 4.70. The molecule has 3 N–H and O–H groups in total. The van der Waals surface area contributed by atoms with Gasteiger partial charge in [0.05, 0.1) is 0 Å². The van der Waals surface area contributed by atoms with Crippen LogP contribution in [0.5, 0.6) is 0 Å². The lowest BCUT2D eigenvalue weighted by Crippen LogP contribution is -2.51. The van der Waals surface area contributed by atoms with Crippen LogP contribution >= 0.6 is 11.3 Å². The fourth-order valence-electron chi connectivity index (χ4n) is 4.59. The first-order chi connectivity index (χ1) is 8.51. The average molecular weight is 265 g/mol. The van der Waals surface area contributed by atoms with Gasteiger partial charge in [-0.25, -0.2) is 0 Å². The minimum absolute atomic E-state index is 0.0917. The molecule has 3 heteroatoms. The normalized spacial score (nSPS) is 38.0. The highest BCUT2D eigenvalue weighted by Crippen LogP contribution is 2.63. The Balaban J connectivity index is 2.04. The Morgan fingerprint density at radius 1 is 1.56 bits per heavy atom. The number of nitrogens with two attached hydrogens (primary N) is 1. The summed E-state index contributed by atoms with van der Waals surface area (Å²) in [7, 11) is 0. The molecule has 100 valence electrons. The van der Waals surface area contributed by atoms with Crippen molar-refractivity contribution in [3.05, 3.63) is 21.9 Å². The van der Waals surface area contributed by atoms with Gasteiger partial charge >= 0.3 is 0 Å². The largest absolute Gasteiger partial charge is 0.384 e. The topological polar surface area (TPSA) is 46.2 Å². The molecule has 0 radical (unpaired) electrons. The van der Waals surface area contributed by atoms with E-state index in [1.807, 2.05) is 6.92 Å². The molecule has 2 fully saturated rings. The van der Waals surface area contributed by atoms with Crippen LogP contribution in [0.2, 0.25) is 0 Å². The van der Waals surface area contributed by atoms with E-state index in [1.165, 1.54) is 24.8 Å². The lowest BCUT2D eigenvalue weighted by molar-refractivity contribution is -0.100. The van der Waals surface area contributed by atoms with Crippen LogP contribution in [0.3, 0.4) is 0 Å². The molecule has 3 rings (SSSR count). The molecule has 2 aliphatic rings. The summed E-state index contributed by atoms with van der Waals surface area (Å²) in [5, 5.41) is 13.3. The lowest BCUT2D eigenvalue weighted by atomic mass is 9.62. The molecule has 2 nitrogen and oxygen atoms in total. The van der Waals surface area contributed by atoms with Gasteiger partial charge in [0.15, 0.2) is 0 Å². The Bertz CT molecular complexity index is 453. The van der Waals surface area contributed by atoms with E-state index in [1.54, 1.807) is 11.3 Å². The molecule has 18 heavy (non-hydrogen) atoms. The summed E-state index contributed by atoms with van der Waals surface area (Å²) in [5.41, 5.74) is 6.50. The number of thiophene rings is 1. The Hall–Kier alpha value is -0.380. The van der Waals surface area contributed by atoms with Crippen LogP contribution in [0.1, 0.15) is 43.0 Å². The number of fused-ring (bicyclic) bond motifs is 2. The van der Waals surface area contributed by atoms with Crippen LogP contribution in [0, 0.1) is 24.2 Å². The lowest BCUT2D eigenvalue weighted by Gasteiger charge is -2.48. The van der Waals surface area contributed by atoms with E-state index in [0.29, 0.717) is 12.5 Å². The van der Waals surface area contributed by atoms with Crippen molar-refractivity contribution >= 4 is 11.3 Å². The summed E-state index contributed by atoms with van der Waals surface area (Å²) in [6.07, 6.45) is 4.98. The van der Waals surface area contributed by atoms with Crippen LogP contribution in [-0.4, -0.2) is 11.7 Å². The van der Waals surface area contributed by atoms with Crippen molar-refractivity contribution in [3.8, 4) is 0 Å². The zero-order chi connectivity index (χ0) is 13.0. The van der Waals surface area contributed by atoms with Gasteiger partial charge in [0.1, 0.15) is 5.60 Å². The van der Waals surface area contributed by atoms with Gasteiger partial charge < -0.3 is 10.8 Å². The van der Waals surface area contributed by atoms with Crippen molar-refractivity contribution in [1.82, 2.24) is 0 Å². The van der Waals surface area contributed by atoms with Gasteiger partial charge in [-0.3, -0.25) is 0 Å². The Kier molecular flexibility index (Phi) is 2.85. The Labute approximate surface area is 113 Å². The van der Waals surface area contributed by atoms with Crippen molar-refractivity contribution in [1.29, 1.82) is 0 Å². The summed E-state index contributed by atoms with van der Waals surface area (Å²) >= 11 is 1.68. The first-order valence-electron chi connectivity index (χ1n) is 6.98. The molecule has 0 amide bonds.